The van der Waals surface area contributed by atoms with Crippen LogP contribution in [0, 0.1) is 11.6 Å². The third-order valence-electron chi connectivity index (χ3n) is 4.79. The van der Waals surface area contributed by atoms with Gasteiger partial charge in [-0.3, -0.25) is 4.79 Å². The number of benzene rings is 1. The number of halogens is 2. The van der Waals surface area contributed by atoms with Crippen LogP contribution in [0.2, 0.25) is 0 Å². The van der Waals surface area contributed by atoms with Crippen molar-refractivity contribution in [1.29, 1.82) is 0 Å². The predicted molar refractivity (Wildman–Crippen MR) is 94.8 cm³/mol. The summed E-state index contributed by atoms with van der Waals surface area (Å²) in [6.45, 7) is 2.04. The number of carbonyl (C=O) groups excluding carboxylic acids is 1. The van der Waals surface area contributed by atoms with E-state index in [0.717, 1.165) is 43.9 Å². The summed E-state index contributed by atoms with van der Waals surface area (Å²) in [6, 6.07) is 6.26. The van der Waals surface area contributed by atoms with Crippen LogP contribution in [0.25, 0.3) is 0 Å². The second kappa shape index (κ2) is 7.27. The number of carbonyl (C=O) groups is 1. The standard InChI is InChI=1S/C19H21F2N3O2/c1-3-19(7-4-8-19)24-18(25)17-15(26-2)5-6-16(23-17)22-14-10-12(20)9-13(21)11-14/h5-6,9-11H,3-4,7-8H2,1-2H3,(H,22,23)(H,24,25). The van der Waals surface area contributed by atoms with Crippen molar-refractivity contribution in [2.45, 2.75) is 38.1 Å². The lowest BCUT2D eigenvalue weighted by atomic mass is 9.75. The van der Waals surface area contributed by atoms with Crippen LogP contribution in [0.3, 0.4) is 0 Å². The average Bonchev–Trinajstić information content (AvgIpc) is 2.57. The van der Waals surface area contributed by atoms with E-state index in [9.17, 15) is 13.6 Å². The van der Waals surface area contributed by atoms with Crippen molar-refractivity contribution < 1.29 is 18.3 Å². The molecule has 1 aliphatic rings. The SMILES string of the molecule is CCC1(NC(=O)c2nc(Nc3cc(F)cc(F)c3)ccc2OC)CCC1. The van der Waals surface area contributed by atoms with Gasteiger partial charge in [0.15, 0.2) is 5.69 Å². The summed E-state index contributed by atoms with van der Waals surface area (Å²) in [6.07, 6.45) is 3.82. The van der Waals surface area contributed by atoms with Crippen LogP contribution in [-0.2, 0) is 0 Å². The summed E-state index contributed by atoms with van der Waals surface area (Å²) in [5, 5.41) is 5.86. The molecule has 138 valence electrons. The van der Waals surface area contributed by atoms with Crippen LogP contribution >= 0.6 is 0 Å². The topological polar surface area (TPSA) is 63.2 Å². The Kier molecular flexibility index (Phi) is 5.06. The number of nitrogens with zero attached hydrogens (tertiary/aromatic N) is 1. The van der Waals surface area contributed by atoms with E-state index in [-0.39, 0.29) is 22.8 Å². The average molecular weight is 361 g/mol. The highest BCUT2D eigenvalue weighted by Gasteiger charge is 2.37. The van der Waals surface area contributed by atoms with Gasteiger partial charge in [0.2, 0.25) is 0 Å². The first kappa shape index (κ1) is 18.1. The van der Waals surface area contributed by atoms with E-state index < -0.39 is 11.6 Å². The Bertz CT molecular complexity index is 797. The Morgan fingerprint density at radius 1 is 1.23 bits per heavy atom. The van der Waals surface area contributed by atoms with Crippen LogP contribution in [0.15, 0.2) is 30.3 Å². The van der Waals surface area contributed by atoms with E-state index in [1.165, 1.54) is 7.11 Å². The molecule has 1 aliphatic carbocycles. The number of hydrogen-bond donors (Lipinski definition) is 2. The normalized spacial score (nSPS) is 15.1. The summed E-state index contributed by atoms with van der Waals surface area (Å²) >= 11 is 0. The van der Waals surface area contributed by atoms with Crippen molar-refractivity contribution >= 4 is 17.4 Å². The van der Waals surface area contributed by atoms with Crippen molar-refractivity contribution in [1.82, 2.24) is 10.3 Å². The van der Waals surface area contributed by atoms with Gasteiger partial charge in [0.1, 0.15) is 23.2 Å². The minimum absolute atomic E-state index is 0.133. The minimum atomic E-state index is -0.700. The van der Waals surface area contributed by atoms with Crippen molar-refractivity contribution in [2.24, 2.45) is 0 Å². The minimum Gasteiger partial charge on any atom is -0.494 e. The molecule has 0 radical (unpaired) electrons. The highest BCUT2D eigenvalue weighted by molar-refractivity contribution is 5.96. The molecule has 26 heavy (non-hydrogen) atoms. The van der Waals surface area contributed by atoms with Crippen LogP contribution in [-0.4, -0.2) is 23.5 Å². The van der Waals surface area contributed by atoms with E-state index in [1.807, 2.05) is 6.92 Å². The molecule has 0 spiro atoms. The van der Waals surface area contributed by atoms with Gasteiger partial charge in [-0.15, -0.1) is 0 Å². The second-order valence-corrected chi connectivity index (χ2v) is 6.47. The Labute approximate surface area is 150 Å². The van der Waals surface area contributed by atoms with Gasteiger partial charge < -0.3 is 15.4 Å². The monoisotopic (exact) mass is 361 g/mol. The molecule has 5 nitrogen and oxygen atoms in total. The number of methoxy groups -OCH3 is 1. The van der Waals surface area contributed by atoms with Crippen LogP contribution in [0.1, 0.15) is 43.1 Å². The number of amides is 1. The molecule has 1 amide bonds. The van der Waals surface area contributed by atoms with Gasteiger partial charge in [0.05, 0.1) is 7.11 Å². The van der Waals surface area contributed by atoms with Gasteiger partial charge in [0, 0.05) is 17.3 Å². The van der Waals surface area contributed by atoms with Gasteiger partial charge in [-0.25, -0.2) is 13.8 Å². The molecule has 7 heteroatoms. The maximum atomic E-state index is 13.3. The smallest absolute Gasteiger partial charge is 0.274 e. The lowest BCUT2D eigenvalue weighted by Crippen LogP contribution is -2.53. The first-order valence-electron chi connectivity index (χ1n) is 8.55. The molecule has 1 heterocycles. The molecule has 1 fully saturated rings. The van der Waals surface area contributed by atoms with Gasteiger partial charge in [-0.05, 0) is 49.9 Å². The van der Waals surface area contributed by atoms with E-state index in [1.54, 1.807) is 12.1 Å². The molecule has 0 saturated heterocycles. The molecule has 0 aliphatic heterocycles. The lowest BCUT2D eigenvalue weighted by Gasteiger charge is -2.41. The largest absolute Gasteiger partial charge is 0.494 e. The summed E-state index contributed by atoms with van der Waals surface area (Å²) in [5.74, 6) is -1.09. The van der Waals surface area contributed by atoms with Crippen molar-refractivity contribution in [2.75, 3.05) is 12.4 Å². The highest BCUT2D eigenvalue weighted by Crippen LogP contribution is 2.35. The molecule has 0 atom stereocenters. The summed E-state index contributed by atoms with van der Waals surface area (Å²) in [4.78, 5) is 17.0. The van der Waals surface area contributed by atoms with Gasteiger partial charge in [-0.2, -0.15) is 0 Å². The van der Waals surface area contributed by atoms with Gasteiger partial charge in [-0.1, -0.05) is 6.92 Å². The molecular weight excluding hydrogens is 340 g/mol. The number of pyridine rings is 1. The quantitative estimate of drug-likeness (QED) is 0.810. The van der Waals surface area contributed by atoms with Crippen LogP contribution < -0.4 is 15.4 Å². The van der Waals surface area contributed by atoms with Crippen molar-refractivity contribution in [3.63, 3.8) is 0 Å². The third kappa shape index (κ3) is 3.76. The van der Waals surface area contributed by atoms with Gasteiger partial charge >= 0.3 is 0 Å². The number of anilines is 2. The summed E-state index contributed by atoms with van der Waals surface area (Å²) < 4.78 is 31.9. The number of ether oxygens (including phenoxy) is 1. The van der Waals surface area contributed by atoms with Crippen LogP contribution in [0.4, 0.5) is 20.3 Å². The molecular formula is C19H21F2N3O2. The van der Waals surface area contributed by atoms with Crippen LogP contribution in [0.5, 0.6) is 5.75 Å². The molecule has 0 bridgehead atoms. The fourth-order valence-electron chi connectivity index (χ4n) is 3.09. The first-order chi connectivity index (χ1) is 12.4. The van der Waals surface area contributed by atoms with Gasteiger partial charge in [0.25, 0.3) is 5.91 Å². The molecule has 2 N–H and O–H groups in total. The fourth-order valence-corrected chi connectivity index (χ4v) is 3.09. The predicted octanol–water partition coefficient (Wildman–Crippen LogP) is 4.17. The summed E-state index contributed by atoms with van der Waals surface area (Å²) in [5.41, 5.74) is 0.156. The first-order valence-corrected chi connectivity index (χ1v) is 8.55. The van der Waals surface area contributed by atoms with Crippen molar-refractivity contribution in [3.8, 4) is 5.75 Å². The molecule has 1 aromatic carbocycles. The maximum Gasteiger partial charge on any atom is 0.274 e. The van der Waals surface area contributed by atoms with E-state index in [2.05, 4.69) is 15.6 Å². The number of rotatable bonds is 6. The molecule has 0 unspecified atom stereocenters. The molecule has 2 aromatic rings. The van der Waals surface area contributed by atoms with E-state index >= 15 is 0 Å². The van der Waals surface area contributed by atoms with E-state index in [0.29, 0.717) is 11.6 Å². The Hall–Kier alpha value is -2.70. The molecule has 1 aromatic heterocycles. The Morgan fingerprint density at radius 2 is 1.92 bits per heavy atom. The van der Waals surface area contributed by atoms with Crippen molar-refractivity contribution in [3.05, 3.63) is 47.7 Å². The molecule has 3 rings (SSSR count). The maximum absolute atomic E-state index is 13.3. The lowest BCUT2D eigenvalue weighted by molar-refractivity contribution is 0.0812. The number of nitrogens with one attached hydrogen (secondary N) is 2. The fraction of sp³-hybridized carbons (Fsp3) is 0.368. The zero-order valence-electron chi connectivity index (χ0n) is 14.7. The highest BCUT2D eigenvalue weighted by atomic mass is 19.1. The Balaban J connectivity index is 1.85. The Morgan fingerprint density at radius 3 is 2.46 bits per heavy atom. The molecule has 1 saturated carbocycles. The number of aromatic nitrogens is 1. The third-order valence-corrected chi connectivity index (χ3v) is 4.79. The zero-order valence-corrected chi connectivity index (χ0v) is 14.7. The second-order valence-electron chi connectivity index (χ2n) is 6.47. The summed E-state index contributed by atoms with van der Waals surface area (Å²) in [7, 11) is 1.46. The zero-order chi connectivity index (χ0) is 18.7. The number of hydrogen-bond acceptors (Lipinski definition) is 4. The van der Waals surface area contributed by atoms with E-state index in [4.69, 9.17) is 4.74 Å².